The lowest BCUT2D eigenvalue weighted by Crippen LogP contribution is -2.49. The Kier molecular flexibility index (Phi) is 2.18. The number of hydrogen-bond donors (Lipinski definition) is 1. The first-order valence-corrected chi connectivity index (χ1v) is 4.44. The number of carbonyl (C=O) groups is 2. The molecule has 0 spiro atoms. The van der Waals surface area contributed by atoms with Crippen molar-refractivity contribution in [2.45, 2.75) is 6.42 Å². The van der Waals surface area contributed by atoms with Gasteiger partial charge in [-0.1, -0.05) is 18.2 Å². The molecule has 1 fully saturated rings. The number of para-hydroxylation sites is 1. The van der Waals surface area contributed by atoms with E-state index in [4.69, 9.17) is 0 Å². The average molecular weight is 190 g/mol. The number of anilines is 1. The van der Waals surface area contributed by atoms with E-state index in [0.29, 0.717) is 13.0 Å². The number of nitrogens with one attached hydrogen (secondary N) is 1. The topological polar surface area (TPSA) is 49.4 Å². The molecule has 0 aromatic heterocycles. The van der Waals surface area contributed by atoms with Gasteiger partial charge >= 0.3 is 6.03 Å². The van der Waals surface area contributed by atoms with Crippen LogP contribution < -0.4 is 10.2 Å². The van der Waals surface area contributed by atoms with Crippen LogP contribution >= 0.6 is 0 Å². The minimum atomic E-state index is -0.340. The molecule has 1 saturated heterocycles. The van der Waals surface area contributed by atoms with Gasteiger partial charge < -0.3 is 0 Å². The SMILES string of the molecule is O=C1CCN(c2ccccc2)C(=O)N1. The highest BCUT2D eigenvalue weighted by Crippen LogP contribution is 2.15. The summed E-state index contributed by atoms with van der Waals surface area (Å²) in [5, 5.41) is 2.28. The number of benzene rings is 1. The predicted octanol–water partition coefficient (Wildman–Crippen LogP) is 1.13. The molecule has 14 heavy (non-hydrogen) atoms. The molecular weight excluding hydrogens is 180 g/mol. The number of carbonyl (C=O) groups excluding carboxylic acids is 2. The van der Waals surface area contributed by atoms with Crippen molar-refractivity contribution in [3.63, 3.8) is 0 Å². The van der Waals surface area contributed by atoms with Crippen LogP contribution in [-0.4, -0.2) is 18.5 Å². The Labute approximate surface area is 81.5 Å². The normalized spacial score (nSPS) is 16.7. The monoisotopic (exact) mass is 190 g/mol. The van der Waals surface area contributed by atoms with Gasteiger partial charge in [-0.05, 0) is 12.1 Å². The van der Waals surface area contributed by atoms with Crippen LogP contribution in [0.2, 0.25) is 0 Å². The van der Waals surface area contributed by atoms with Crippen LogP contribution in [0.15, 0.2) is 30.3 Å². The number of amides is 3. The predicted molar refractivity (Wildman–Crippen MR) is 51.9 cm³/mol. The van der Waals surface area contributed by atoms with Gasteiger partial charge in [0.15, 0.2) is 0 Å². The summed E-state index contributed by atoms with van der Waals surface area (Å²) >= 11 is 0. The lowest BCUT2D eigenvalue weighted by molar-refractivity contribution is -0.120. The maximum Gasteiger partial charge on any atom is 0.328 e. The van der Waals surface area contributed by atoms with Gasteiger partial charge in [0.1, 0.15) is 0 Å². The smallest absolute Gasteiger partial charge is 0.294 e. The molecule has 1 aliphatic rings. The molecule has 3 amide bonds. The van der Waals surface area contributed by atoms with Crippen molar-refractivity contribution in [1.29, 1.82) is 0 Å². The third-order valence-corrected chi connectivity index (χ3v) is 2.12. The first-order valence-electron chi connectivity index (χ1n) is 4.44. The maximum atomic E-state index is 11.4. The summed E-state index contributed by atoms with van der Waals surface area (Å²) < 4.78 is 0. The Hall–Kier alpha value is -1.84. The van der Waals surface area contributed by atoms with Crippen molar-refractivity contribution in [3.8, 4) is 0 Å². The lowest BCUT2D eigenvalue weighted by atomic mass is 10.2. The molecule has 2 rings (SSSR count). The molecule has 1 aliphatic heterocycles. The molecule has 0 atom stereocenters. The molecule has 0 unspecified atom stereocenters. The van der Waals surface area contributed by atoms with E-state index in [2.05, 4.69) is 5.32 Å². The van der Waals surface area contributed by atoms with Crippen LogP contribution in [0.25, 0.3) is 0 Å². The summed E-state index contributed by atoms with van der Waals surface area (Å²) in [7, 11) is 0. The zero-order valence-electron chi connectivity index (χ0n) is 7.56. The summed E-state index contributed by atoms with van der Waals surface area (Å²) in [6.07, 6.45) is 0.362. The molecule has 1 aromatic rings. The zero-order valence-corrected chi connectivity index (χ0v) is 7.56. The Morgan fingerprint density at radius 1 is 1.14 bits per heavy atom. The fourth-order valence-electron chi connectivity index (χ4n) is 1.42. The minimum absolute atomic E-state index is 0.206. The highest BCUT2D eigenvalue weighted by atomic mass is 16.2. The first-order chi connectivity index (χ1) is 6.77. The number of rotatable bonds is 1. The van der Waals surface area contributed by atoms with Gasteiger partial charge in [0.05, 0.1) is 0 Å². The van der Waals surface area contributed by atoms with Gasteiger partial charge in [-0.25, -0.2) is 4.79 Å². The number of imide groups is 1. The van der Waals surface area contributed by atoms with Crippen LogP contribution in [-0.2, 0) is 4.79 Å². The minimum Gasteiger partial charge on any atom is -0.294 e. The van der Waals surface area contributed by atoms with Crippen molar-refractivity contribution in [1.82, 2.24) is 5.32 Å². The van der Waals surface area contributed by atoms with Gasteiger partial charge in [-0.15, -0.1) is 0 Å². The zero-order chi connectivity index (χ0) is 9.97. The average Bonchev–Trinajstić information content (AvgIpc) is 2.19. The molecular formula is C10H10N2O2. The summed E-state index contributed by atoms with van der Waals surface area (Å²) in [6.45, 7) is 0.453. The van der Waals surface area contributed by atoms with E-state index in [1.165, 1.54) is 0 Å². The van der Waals surface area contributed by atoms with Crippen molar-refractivity contribution in [2.24, 2.45) is 0 Å². The summed E-state index contributed by atoms with van der Waals surface area (Å²) in [5.41, 5.74) is 0.817. The molecule has 1 heterocycles. The van der Waals surface area contributed by atoms with Crippen LogP contribution in [0.3, 0.4) is 0 Å². The molecule has 1 aromatic carbocycles. The molecule has 0 saturated carbocycles. The highest BCUT2D eigenvalue weighted by Gasteiger charge is 2.23. The second-order valence-corrected chi connectivity index (χ2v) is 3.09. The quantitative estimate of drug-likeness (QED) is 0.721. The Balaban J connectivity index is 2.20. The van der Waals surface area contributed by atoms with Gasteiger partial charge in [0, 0.05) is 18.7 Å². The van der Waals surface area contributed by atoms with Gasteiger partial charge in [0.2, 0.25) is 5.91 Å². The fourth-order valence-corrected chi connectivity index (χ4v) is 1.42. The highest BCUT2D eigenvalue weighted by molar-refractivity contribution is 6.05. The van der Waals surface area contributed by atoms with Crippen LogP contribution in [0.5, 0.6) is 0 Å². The molecule has 72 valence electrons. The van der Waals surface area contributed by atoms with E-state index in [1.54, 1.807) is 4.90 Å². The maximum absolute atomic E-state index is 11.4. The van der Waals surface area contributed by atoms with Gasteiger partial charge in [-0.2, -0.15) is 0 Å². The van der Waals surface area contributed by atoms with E-state index in [-0.39, 0.29) is 11.9 Å². The Bertz CT molecular complexity index is 362. The first kappa shape index (κ1) is 8.74. The molecule has 4 nitrogen and oxygen atoms in total. The summed E-state index contributed by atoms with van der Waals surface area (Å²) in [6, 6.07) is 8.95. The standard InChI is InChI=1S/C10H10N2O2/c13-9-6-7-12(10(14)11-9)8-4-2-1-3-5-8/h1-5H,6-7H2,(H,11,13,14). The van der Waals surface area contributed by atoms with Gasteiger partial charge in [0.25, 0.3) is 0 Å². The van der Waals surface area contributed by atoms with Crippen molar-refractivity contribution in [3.05, 3.63) is 30.3 Å². The Morgan fingerprint density at radius 3 is 2.50 bits per heavy atom. The molecule has 1 N–H and O–H groups in total. The van der Waals surface area contributed by atoms with Crippen LogP contribution in [0.4, 0.5) is 10.5 Å². The second kappa shape index (κ2) is 3.49. The van der Waals surface area contributed by atoms with Crippen molar-refractivity contribution in [2.75, 3.05) is 11.4 Å². The number of hydrogen-bond acceptors (Lipinski definition) is 2. The fraction of sp³-hybridized carbons (Fsp3) is 0.200. The summed E-state index contributed by atoms with van der Waals surface area (Å²) in [4.78, 5) is 23.8. The van der Waals surface area contributed by atoms with Crippen LogP contribution in [0.1, 0.15) is 6.42 Å². The summed E-state index contributed by atoms with van der Waals surface area (Å²) in [5.74, 6) is -0.206. The number of urea groups is 1. The van der Waals surface area contributed by atoms with Crippen LogP contribution in [0, 0.1) is 0 Å². The molecule has 0 aliphatic carbocycles. The van der Waals surface area contributed by atoms with E-state index < -0.39 is 0 Å². The number of nitrogens with zero attached hydrogens (tertiary/aromatic N) is 1. The van der Waals surface area contributed by atoms with Crippen molar-refractivity contribution < 1.29 is 9.59 Å². The molecule has 0 bridgehead atoms. The third-order valence-electron chi connectivity index (χ3n) is 2.12. The van der Waals surface area contributed by atoms with E-state index >= 15 is 0 Å². The van der Waals surface area contributed by atoms with Crippen molar-refractivity contribution >= 4 is 17.6 Å². The largest absolute Gasteiger partial charge is 0.328 e. The van der Waals surface area contributed by atoms with E-state index in [0.717, 1.165) is 5.69 Å². The van der Waals surface area contributed by atoms with Gasteiger partial charge in [-0.3, -0.25) is 15.0 Å². The molecule has 0 radical (unpaired) electrons. The Morgan fingerprint density at radius 2 is 1.86 bits per heavy atom. The van der Waals surface area contributed by atoms with E-state index in [9.17, 15) is 9.59 Å². The lowest BCUT2D eigenvalue weighted by Gasteiger charge is -2.26. The second-order valence-electron chi connectivity index (χ2n) is 3.09. The van der Waals surface area contributed by atoms with E-state index in [1.807, 2.05) is 30.3 Å². The molecule has 4 heteroatoms. The third kappa shape index (κ3) is 1.59.